The zero-order valence-electron chi connectivity index (χ0n) is 5.78. The molecule has 0 aromatic rings. The minimum absolute atomic E-state index is 0. The molecule has 2 N–H and O–H groups in total. The maximum atomic E-state index is 10.8. The molecule has 4 nitrogen and oxygen atoms in total. The van der Waals surface area contributed by atoms with Crippen LogP contribution >= 0.6 is 23.2 Å². The summed E-state index contributed by atoms with van der Waals surface area (Å²) in [5.74, 6) is -3.99. The summed E-state index contributed by atoms with van der Waals surface area (Å²) in [6.07, 6.45) is 0. The topological polar surface area (TPSA) is 74.6 Å². The normalized spacial score (nSPS) is 17.7. The second-order valence-electron chi connectivity index (χ2n) is 1.98. The standard InChI is InChI=1S/C6H2Cl2O4.Ni/c7-1-3(9)5(11)2(8)6(12)4(1)10;/h9,12H;. The van der Waals surface area contributed by atoms with Crippen molar-refractivity contribution in [3.05, 3.63) is 21.6 Å². The molecular weight excluding hydrogens is 266 g/mol. The fraction of sp³-hybridized carbons (Fsp3) is 0. The third kappa shape index (κ3) is 1.88. The van der Waals surface area contributed by atoms with Gasteiger partial charge in [0.15, 0.2) is 11.5 Å². The van der Waals surface area contributed by atoms with Crippen molar-refractivity contribution in [3.63, 3.8) is 0 Å². The van der Waals surface area contributed by atoms with Gasteiger partial charge >= 0.3 is 0 Å². The Morgan fingerprint density at radius 2 is 1.08 bits per heavy atom. The molecule has 0 spiro atoms. The molecule has 0 radical (unpaired) electrons. The number of ketones is 2. The van der Waals surface area contributed by atoms with Crippen molar-refractivity contribution in [1.29, 1.82) is 0 Å². The van der Waals surface area contributed by atoms with E-state index in [2.05, 4.69) is 0 Å². The molecule has 74 valence electrons. The average Bonchev–Trinajstić information content (AvgIpc) is 2.08. The van der Waals surface area contributed by atoms with Gasteiger partial charge in [0.05, 0.1) is 0 Å². The zero-order valence-corrected chi connectivity index (χ0v) is 8.28. The van der Waals surface area contributed by atoms with Gasteiger partial charge in [0.2, 0.25) is 11.6 Å². The van der Waals surface area contributed by atoms with E-state index in [1.54, 1.807) is 0 Å². The molecule has 0 saturated heterocycles. The fourth-order valence-corrected chi connectivity index (χ4v) is 0.973. The number of allylic oxidation sites excluding steroid dienone is 2. The number of aliphatic hydroxyl groups is 2. The Morgan fingerprint density at radius 3 is 1.31 bits per heavy atom. The predicted octanol–water partition coefficient (Wildman–Crippen LogP) is 1.15. The van der Waals surface area contributed by atoms with Crippen LogP contribution in [0, 0.1) is 0 Å². The predicted molar refractivity (Wildman–Crippen MR) is 41.0 cm³/mol. The summed E-state index contributed by atoms with van der Waals surface area (Å²) in [5, 5.41) is 16.3. The van der Waals surface area contributed by atoms with Crippen molar-refractivity contribution >= 4 is 34.8 Å². The van der Waals surface area contributed by atoms with Gasteiger partial charge in [-0.25, -0.2) is 0 Å². The van der Waals surface area contributed by atoms with Crippen LogP contribution in [0.1, 0.15) is 0 Å². The van der Waals surface area contributed by atoms with Crippen LogP contribution in [0.2, 0.25) is 0 Å². The van der Waals surface area contributed by atoms with E-state index >= 15 is 0 Å². The molecule has 0 unspecified atom stereocenters. The second kappa shape index (κ2) is 4.14. The molecular formula is C6H2Cl2NiO4. The smallest absolute Gasteiger partial charge is 0.244 e. The Bertz CT molecular complexity index is 283. The average molecular weight is 268 g/mol. The first-order valence-electron chi connectivity index (χ1n) is 2.73. The van der Waals surface area contributed by atoms with Crippen LogP contribution in [0.25, 0.3) is 0 Å². The summed E-state index contributed by atoms with van der Waals surface area (Å²) in [4.78, 5) is 21.6. The van der Waals surface area contributed by atoms with Gasteiger partial charge in [0.25, 0.3) is 0 Å². The van der Waals surface area contributed by atoms with Gasteiger partial charge in [0.1, 0.15) is 10.1 Å². The number of rotatable bonds is 0. The summed E-state index contributed by atoms with van der Waals surface area (Å²) in [7, 11) is 0. The zero-order chi connectivity index (χ0) is 9.46. The maximum absolute atomic E-state index is 10.8. The van der Waals surface area contributed by atoms with E-state index in [-0.39, 0.29) is 16.5 Å². The van der Waals surface area contributed by atoms with E-state index in [1.165, 1.54) is 0 Å². The Labute approximate surface area is 92.7 Å². The molecule has 0 aromatic carbocycles. The van der Waals surface area contributed by atoms with Crippen molar-refractivity contribution in [2.75, 3.05) is 0 Å². The van der Waals surface area contributed by atoms with Crippen molar-refractivity contribution in [3.8, 4) is 0 Å². The number of hydrogen-bond donors (Lipinski definition) is 2. The summed E-state index contributed by atoms with van der Waals surface area (Å²) < 4.78 is 0. The van der Waals surface area contributed by atoms with Crippen LogP contribution in [-0.4, -0.2) is 21.8 Å². The van der Waals surface area contributed by atoms with Crippen LogP contribution in [0.4, 0.5) is 0 Å². The Balaban J connectivity index is 0.00000144. The molecule has 1 rings (SSSR count). The van der Waals surface area contributed by atoms with E-state index in [1.807, 2.05) is 0 Å². The molecule has 0 aliphatic heterocycles. The molecule has 0 aromatic heterocycles. The molecule has 0 amide bonds. The van der Waals surface area contributed by atoms with Crippen molar-refractivity contribution in [2.24, 2.45) is 0 Å². The number of Topliss-reactive ketones (excluding diaryl/α,β-unsaturated/α-hetero) is 2. The van der Waals surface area contributed by atoms with Gasteiger partial charge in [-0.2, -0.15) is 0 Å². The Morgan fingerprint density at radius 1 is 0.846 bits per heavy atom. The van der Waals surface area contributed by atoms with Crippen LogP contribution in [0.5, 0.6) is 0 Å². The Hall–Kier alpha value is -0.506. The van der Waals surface area contributed by atoms with Crippen molar-refractivity contribution in [2.45, 2.75) is 0 Å². The van der Waals surface area contributed by atoms with Crippen molar-refractivity contribution in [1.82, 2.24) is 0 Å². The van der Waals surface area contributed by atoms with E-state index in [9.17, 15) is 9.59 Å². The van der Waals surface area contributed by atoms with Gasteiger partial charge < -0.3 is 10.2 Å². The van der Waals surface area contributed by atoms with Gasteiger partial charge in [-0.05, 0) is 0 Å². The summed E-state index contributed by atoms with van der Waals surface area (Å²) in [6.45, 7) is 0. The van der Waals surface area contributed by atoms with E-state index < -0.39 is 33.1 Å². The molecule has 13 heavy (non-hydrogen) atoms. The number of carbonyl (C=O) groups is 2. The van der Waals surface area contributed by atoms with Gasteiger partial charge in [-0.1, -0.05) is 23.2 Å². The van der Waals surface area contributed by atoms with Crippen molar-refractivity contribution < 1.29 is 36.3 Å². The number of aliphatic hydroxyl groups excluding tert-OH is 2. The maximum Gasteiger partial charge on any atom is 0.244 e. The summed E-state index contributed by atoms with van der Waals surface area (Å²) in [6, 6.07) is 0. The quantitative estimate of drug-likeness (QED) is 0.510. The molecule has 0 atom stereocenters. The van der Waals surface area contributed by atoms with E-state index in [0.29, 0.717) is 0 Å². The number of hydrogen-bond acceptors (Lipinski definition) is 4. The Kier molecular flexibility index (Phi) is 3.97. The number of halogens is 2. The van der Waals surface area contributed by atoms with Gasteiger partial charge in [-0.3, -0.25) is 9.59 Å². The monoisotopic (exact) mass is 266 g/mol. The van der Waals surface area contributed by atoms with Crippen LogP contribution < -0.4 is 0 Å². The fourth-order valence-electron chi connectivity index (χ4n) is 0.622. The molecule has 0 fully saturated rings. The minimum Gasteiger partial charge on any atom is -0.503 e. The molecule has 0 bridgehead atoms. The molecule has 0 saturated carbocycles. The summed E-state index contributed by atoms with van der Waals surface area (Å²) in [5.41, 5.74) is 0. The first-order chi connectivity index (χ1) is 5.46. The first-order valence-corrected chi connectivity index (χ1v) is 3.49. The first kappa shape index (κ1) is 12.5. The van der Waals surface area contributed by atoms with Crippen LogP contribution in [-0.2, 0) is 26.1 Å². The largest absolute Gasteiger partial charge is 0.503 e. The van der Waals surface area contributed by atoms with Crippen LogP contribution in [0.3, 0.4) is 0 Å². The molecule has 1 aliphatic carbocycles. The van der Waals surface area contributed by atoms with Gasteiger partial charge in [-0.15, -0.1) is 0 Å². The van der Waals surface area contributed by atoms with Crippen LogP contribution in [0.15, 0.2) is 21.6 Å². The molecule has 7 heteroatoms. The SMILES string of the molecule is O=C1C(O)=C(Cl)C(=O)C(O)=C1Cl.[Ni]. The minimum atomic E-state index is -1.06. The van der Waals surface area contributed by atoms with E-state index in [4.69, 9.17) is 33.4 Å². The molecule has 1 aliphatic rings. The molecule has 0 heterocycles. The second-order valence-corrected chi connectivity index (χ2v) is 2.74. The third-order valence-corrected chi connectivity index (χ3v) is 1.95. The number of carbonyl (C=O) groups excluding carboxylic acids is 2. The van der Waals surface area contributed by atoms with Gasteiger partial charge in [0, 0.05) is 16.5 Å². The van der Waals surface area contributed by atoms with E-state index in [0.717, 1.165) is 0 Å². The summed E-state index contributed by atoms with van der Waals surface area (Å²) >= 11 is 10.4. The third-order valence-electron chi connectivity index (χ3n) is 1.24.